The average molecular weight is 323 g/mol. The van der Waals surface area contributed by atoms with Gasteiger partial charge < -0.3 is 10.1 Å². The molecule has 0 aliphatic carbocycles. The van der Waals surface area contributed by atoms with Crippen LogP contribution >= 0.6 is 11.6 Å². The van der Waals surface area contributed by atoms with E-state index in [1.54, 1.807) is 18.2 Å². The topological polar surface area (TPSA) is 51.2 Å². The van der Waals surface area contributed by atoms with Crippen molar-refractivity contribution in [3.8, 4) is 5.75 Å². The molecule has 0 atom stereocenters. The number of pyridine rings is 1. The van der Waals surface area contributed by atoms with E-state index in [-0.39, 0.29) is 11.7 Å². The van der Waals surface area contributed by atoms with E-state index in [0.29, 0.717) is 29.6 Å². The number of ether oxygens (including phenoxy) is 1. The molecule has 1 aromatic carbocycles. The summed E-state index contributed by atoms with van der Waals surface area (Å²) in [6.07, 6.45) is 3.04. The smallest absolute Gasteiger partial charge is 0.269 e. The van der Waals surface area contributed by atoms with Crippen LogP contribution in [0.25, 0.3) is 0 Å². The van der Waals surface area contributed by atoms with Crippen molar-refractivity contribution < 1.29 is 13.9 Å². The summed E-state index contributed by atoms with van der Waals surface area (Å²) < 4.78 is 18.2. The number of halogens is 2. The molecule has 0 saturated carbocycles. The molecule has 6 heteroatoms. The molecule has 0 radical (unpaired) electrons. The predicted molar refractivity (Wildman–Crippen MR) is 82.7 cm³/mol. The third-order valence-corrected chi connectivity index (χ3v) is 3.13. The van der Waals surface area contributed by atoms with Crippen LogP contribution in [0.15, 0.2) is 42.6 Å². The Bertz CT molecular complexity index is 620. The van der Waals surface area contributed by atoms with Gasteiger partial charge in [0.05, 0.1) is 6.61 Å². The van der Waals surface area contributed by atoms with Crippen LogP contribution in [0, 0.1) is 5.82 Å². The van der Waals surface area contributed by atoms with Gasteiger partial charge in [-0.15, -0.1) is 0 Å². The number of amides is 1. The van der Waals surface area contributed by atoms with Crippen LogP contribution in [0.3, 0.4) is 0 Å². The number of benzene rings is 1. The fourth-order valence-corrected chi connectivity index (χ4v) is 1.93. The SMILES string of the molecule is O=C(NCCCCOc1ccc(F)cc1)c1cc(Cl)ccn1. The van der Waals surface area contributed by atoms with Crippen molar-refractivity contribution in [3.63, 3.8) is 0 Å². The fraction of sp³-hybridized carbons (Fsp3) is 0.250. The number of carbonyl (C=O) groups excluding carboxylic acids is 1. The molecular formula is C16H16ClFN2O2. The zero-order valence-corrected chi connectivity index (χ0v) is 12.6. The maximum atomic E-state index is 12.7. The van der Waals surface area contributed by atoms with E-state index >= 15 is 0 Å². The van der Waals surface area contributed by atoms with Crippen molar-refractivity contribution in [2.45, 2.75) is 12.8 Å². The van der Waals surface area contributed by atoms with Crippen molar-refractivity contribution in [1.82, 2.24) is 10.3 Å². The Morgan fingerprint density at radius 2 is 2.00 bits per heavy atom. The van der Waals surface area contributed by atoms with Gasteiger partial charge in [-0.05, 0) is 49.2 Å². The average Bonchev–Trinajstić information content (AvgIpc) is 2.52. The van der Waals surface area contributed by atoms with Gasteiger partial charge >= 0.3 is 0 Å². The summed E-state index contributed by atoms with van der Waals surface area (Å²) in [6.45, 7) is 1.04. The highest BCUT2D eigenvalue weighted by Crippen LogP contribution is 2.11. The molecule has 116 valence electrons. The Balaban J connectivity index is 1.61. The first kappa shape index (κ1) is 16.2. The highest BCUT2D eigenvalue weighted by atomic mass is 35.5. The lowest BCUT2D eigenvalue weighted by Crippen LogP contribution is -2.25. The molecule has 0 spiro atoms. The Morgan fingerprint density at radius 3 is 2.73 bits per heavy atom. The molecular weight excluding hydrogens is 307 g/mol. The van der Waals surface area contributed by atoms with E-state index in [2.05, 4.69) is 10.3 Å². The van der Waals surface area contributed by atoms with E-state index in [0.717, 1.165) is 12.8 Å². The molecule has 1 heterocycles. The first-order valence-corrected chi connectivity index (χ1v) is 7.31. The third kappa shape index (κ3) is 5.33. The van der Waals surface area contributed by atoms with Gasteiger partial charge in [0.25, 0.3) is 5.91 Å². The van der Waals surface area contributed by atoms with Crippen molar-refractivity contribution in [2.24, 2.45) is 0 Å². The van der Waals surface area contributed by atoms with Crippen molar-refractivity contribution in [3.05, 3.63) is 59.1 Å². The first-order chi connectivity index (χ1) is 10.6. The van der Waals surface area contributed by atoms with Gasteiger partial charge in [-0.2, -0.15) is 0 Å². The normalized spacial score (nSPS) is 10.3. The van der Waals surface area contributed by atoms with Crippen LogP contribution in [-0.2, 0) is 0 Å². The second-order valence-corrected chi connectivity index (χ2v) is 5.06. The van der Waals surface area contributed by atoms with E-state index in [1.807, 2.05) is 0 Å². The number of hydrogen-bond donors (Lipinski definition) is 1. The lowest BCUT2D eigenvalue weighted by Gasteiger charge is -2.07. The predicted octanol–water partition coefficient (Wildman–Crippen LogP) is 3.46. The Hall–Kier alpha value is -2.14. The lowest BCUT2D eigenvalue weighted by molar-refractivity contribution is 0.0947. The van der Waals surface area contributed by atoms with Gasteiger partial charge in [0.1, 0.15) is 17.3 Å². The molecule has 1 aromatic heterocycles. The van der Waals surface area contributed by atoms with E-state index in [9.17, 15) is 9.18 Å². The Kier molecular flexibility index (Phi) is 6.15. The van der Waals surface area contributed by atoms with Gasteiger partial charge in [0.2, 0.25) is 0 Å². The minimum absolute atomic E-state index is 0.248. The maximum Gasteiger partial charge on any atom is 0.269 e. The Morgan fingerprint density at radius 1 is 1.23 bits per heavy atom. The van der Waals surface area contributed by atoms with Gasteiger partial charge in [-0.3, -0.25) is 9.78 Å². The van der Waals surface area contributed by atoms with Gasteiger partial charge in [0, 0.05) is 17.8 Å². The number of nitrogens with one attached hydrogen (secondary N) is 1. The second-order valence-electron chi connectivity index (χ2n) is 4.62. The van der Waals surface area contributed by atoms with E-state index < -0.39 is 0 Å². The molecule has 0 aliphatic heterocycles. The molecule has 2 rings (SSSR count). The fourth-order valence-electron chi connectivity index (χ4n) is 1.77. The number of hydrogen-bond acceptors (Lipinski definition) is 3. The third-order valence-electron chi connectivity index (χ3n) is 2.89. The second kappa shape index (κ2) is 8.34. The zero-order chi connectivity index (χ0) is 15.8. The minimum Gasteiger partial charge on any atom is -0.494 e. The maximum absolute atomic E-state index is 12.7. The van der Waals surface area contributed by atoms with Crippen molar-refractivity contribution >= 4 is 17.5 Å². The van der Waals surface area contributed by atoms with Crippen LogP contribution < -0.4 is 10.1 Å². The molecule has 0 unspecified atom stereocenters. The number of nitrogens with zero attached hydrogens (tertiary/aromatic N) is 1. The van der Waals surface area contributed by atoms with E-state index in [1.165, 1.54) is 24.4 Å². The summed E-state index contributed by atoms with van der Waals surface area (Å²) in [7, 11) is 0. The number of rotatable bonds is 7. The molecule has 0 fully saturated rings. The van der Waals surface area contributed by atoms with Gasteiger partial charge in [0.15, 0.2) is 0 Å². The molecule has 0 aliphatic rings. The zero-order valence-electron chi connectivity index (χ0n) is 11.9. The van der Waals surface area contributed by atoms with Crippen LogP contribution in [0.5, 0.6) is 5.75 Å². The molecule has 4 nitrogen and oxygen atoms in total. The standard InChI is InChI=1S/C16H16ClFN2O2/c17-12-7-9-19-15(11-12)16(21)20-8-1-2-10-22-14-5-3-13(18)4-6-14/h3-7,9,11H,1-2,8,10H2,(H,20,21). The largest absolute Gasteiger partial charge is 0.494 e. The molecule has 1 N–H and O–H groups in total. The van der Waals surface area contributed by atoms with Gasteiger partial charge in [-0.25, -0.2) is 4.39 Å². The lowest BCUT2D eigenvalue weighted by atomic mass is 10.3. The number of carbonyl (C=O) groups is 1. The highest BCUT2D eigenvalue weighted by molar-refractivity contribution is 6.30. The van der Waals surface area contributed by atoms with E-state index in [4.69, 9.17) is 16.3 Å². The highest BCUT2D eigenvalue weighted by Gasteiger charge is 2.06. The summed E-state index contributed by atoms with van der Waals surface area (Å²) in [5.41, 5.74) is 0.301. The van der Waals surface area contributed by atoms with Crippen LogP contribution in [0.1, 0.15) is 23.3 Å². The van der Waals surface area contributed by atoms with Crippen molar-refractivity contribution in [1.29, 1.82) is 0 Å². The summed E-state index contributed by atoms with van der Waals surface area (Å²) in [5.74, 6) is 0.0974. The summed E-state index contributed by atoms with van der Waals surface area (Å²) in [6, 6.07) is 9.02. The number of unbranched alkanes of at least 4 members (excludes halogenated alkanes) is 1. The quantitative estimate of drug-likeness (QED) is 0.794. The van der Waals surface area contributed by atoms with Crippen LogP contribution in [-0.4, -0.2) is 24.0 Å². The Labute approximate surface area is 133 Å². The monoisotopic (exact) mass is 322 g/mol. The van der Waals surface area contributed by atoms with Crippen molar-refractivity contribution in [2.75, 3.05) is 13.2 Å². The van der Waals surface area contributed by atoms with Crippen LogP contribution in [0.4, 0.5) is 4.39 Å². The van der Waals surface area contributed by atoms with Gasteiger partial charge in [-0.1, -0.05) is 11.6 Å². The summed E-state index contributed by atoms with van der Waals surface area (Å²) in [4.78, 5) is 15.7. The molecule has 1 amide bonds. The summed E-state index contributed by atoms with van der Waals surface area (Å²) in [5, 5.41) is 3.25. The van der Waals surface area contributed by atoms with Crippen LogP contribution in [0.2, 0.25) is 5.02 Å². The first-order valence-electron chi connectivity index (χ1n) is 6.93. The molecule has 22 heavy (non-hydrogen) atoms. The summed E-state index contributed by atoms with van der Waals surface area (Å²) >= 11 is 5.80. The number of aromatic nitrogens is 1. The molecule has 0 saturated heterocycles. The molecule has 2 aromatic rings. The minimum atomic E-state index is -0.287. The molecule has 0 bridgehead atoms.